The second-order valence-electron chi connectivity index (χ2n) is 9.83. The molecule has 2 unspecified atom stereocenters. The number of carbonyl (C=O) groups excluding carboxylic acids is 1. The minimum Gasteiger partial charge on any atom is -0.496 e. The van der Waals surface area contributed by atoms with Gasteiger partial charge in [0.1, 0.15) is 11.3 Å². The first-order valence-corrected chi connectivity index (χ1v) is 12.3. The Labute approximate surface area is 204 Å². The highest BCUT2D eigenvalue weighted by Gasteiger charge is 2.48. The zero-order valence-corrected chi connectivity index (χ0v) is 20.4. The van der Waals surface area contributed by atoms with Crippen LogP contribution < -0.4 is 19.5 Å². The van der Waals surface area contributed by atoms with E-state index in [-0.39, 0.29) is 11.9 Å². The van der Waals surface area contributed by atoms with Gasteiger partial charge in [0.05, 0.1) is 37.5 Å². The molecule has 6 rings (SSSR count). The van der Waals surface area contributed by atoms with Gasteiger partial charge in [0, 0.05) is 56.4 Å². The summed E-state index contributed by atoms with van der Waals surface area (Å²) in [5.41, 5.74) is 2.55. The first kappa shape index (κ1) is 22.3. The van der Waals surface area contributed by atoms with Crippen LogP contribution in [0.1, 0.15) is 19.3 Å². The number of nitrogens with zero attached hydrogens (tertiary/aromatic N) is 4. The molecule has 3 fully saturated rings. The first-order valence-electron chi connectivity index (χ1n) is 12.3. The highest BCUT2D eigenvalue weighted by Crippen LogP contribution is 2.43. The van der Waals surface area contributed by atoms with Crippen LogP contribution in [0.5, 0.6) is 17.5 Å². The summed E-state index contributed by atoms with van der Waals surface area (Å²) >= 11 is 0. The Morgan fingerprint density at radius 2 is 1.94 bits per heavy atom. The average Bonchev–Trinajstić information content (AvgIpc) is 3.53. The molecule has 2 saturated heterocycles. The zero-order chi connectivity index (χ0) is 24.1. The minimum atomic E-state index is -0.170. The molecule has 184 valence electrons. The molecule has 4 atom stereocenters. The molecule has 2 bridgehead atoms. The summed E-state index contributed by atoms with van der Waals surface area (Å²) in [5, 5.41) is 4.43. The number of rotatable bonds is 7. The summed E-state index contributed by atoms with van der Waals surface area (Å²) in [7, 11) is 5.16. The van der Waals surface area contributed by atoms with Crippen LogP contribution in [-0.2, 0) is 11.8 Å². The van der Waals surface area contributed by atoms with Crippen molar-refractivity contribution in [3.63, 3.8) is 0 Å². The Kier molecular flexibility index (Phi) is 5.61. The zero-order valence-electron chi connectivity index (χ0n) is 20.4. The molecule has 9 heteroatoms. The first-order chi connectivity index (χ1) is 17.1. The fourth-order valence-electron chi connectivity index (χ4n) is 5.85. The SMILES string of the molecule is COc1ccnc(OC)c1-c1cc2cc(OC(=O)[C@H]3C[C@@H]3CN3C4CCC3CNC4)ncc2n1C. The van der Waals surface area contributed by atoms with Crippen molar-refractivity contribution in [3.05, 3.63) is 30.6 Å². The third kappa shape index (κ3) is 3.92. The fraction of sp³-hybridized carbons (Fsp3) is 0.500. The Morgan fingerprint density at radius 3 is 2.69 bits per heavy atom. The molecule has 9 nitrogen and oxygen atoms in total. The van der Waals surface area contributed by atoms with E-state index in [0.29, 0.717) is 35.5 Å². The Morgan fingerprint density at radius 1 is 1.14 bits per heavy atom. The molecule has 2 aliphatic heterocycles. The lowest BCUT2D eigenvalue weighted by Gasteiger charge is -2.35. The summed E-state index contributed by atoms with van der Waals surface area (Å²) in [4.78, 5) is 24.2. The lowest BCUT2D eigenvalue weighted by molar-refractivity contribution is -0.136. The predicted molar refractivity (Wildman–Crippen MR) is 131 cm³/mol. The predicted octanol–water partition coefficient (Wildman–Crippen LogP) is 2.63. The van der Waals surface area contributed by atoms with E-state index in [1.165, 1.54) is 12.8 Å². The number of ether oxygens (including phenoxy) is 3. The van der Waals surface area contributed by atoms with E-state index >= 15 is 0 Å². The number of hydrogen-bond acceptors (Lipinski definition) is 8. The number of piperazine rings is 1. The molecule has 0 amide bonds. The van der Waals surface area contributed by atoms with E-state index in [9.17, 15) is 4.79 Å². The van der Waals surface area contributed by atoms with Gasteiger partial charge in [0.25, 0.3) is 0 Å². The number of esters is 1. The smallest absolute Gasteiger partial charge is 0.316 e. The van der Waals surface area contributed by atoms with Gasteiger partial charge in [0.15, 0.2) is 0 Å². The lowest BCUT2D eigenvalue weighted by atomic mass is 10.1. The molecule has 5 heterocycles. The number of hydrogen-bond donors (Lipinski definition) is 1. The molecular weight excluding hydrogens is 446 g/mol. The second kappa shape index (κ2) is 8.80. The van der Waals surface area contributed by atoms with Gasteiger partial charge in [-0.3, -0.25) is 9.69 Å². The summed E-state index contributed by atoms with van der Waals surface area (Å²) in [6.07, 6.45) is 6.82. The summed E-state index contributed by atoms with van der Waals surface area (Å²) in [5.74, 6) is 1.67. The molecule has 0 radical (unpaired) electrons. The fourth-order valence-corrected chi connectivity index (χ4v) is 5.85. The number of fused-ring (bicyclic) bond motifs is 3. The molecule has 3 aromatic rings. The highest BCUT2D eigenvalue weighted by atomic mass is 16.5. The van der Waals surface area contributed by atoms with Crippen LogP contribution >= 0.6 is 0 Å². The van der Waals surface area contributed by atoms with Gasteiger partial charge in [-0.2, -0.15) is 0 Å². The van der Waals surface area contributed by atoms with E-state index in [2.05, 4.69) is 20.2 Å². The van der Waals surface area contributed by atoms with Gasteiger partial charge in [-0.25, -0.2) is 9.97 Å². The standard InChI is InChI=1S/C26H31N5O4/c1-30-20(24-22(33-2)6-7-28-25(24)34-3)9-15-10-23(29-13-21(15)30)35-26(32)19-8-16(19)14-31-17-4-5-18(31)12-27-11-17/h6-7,9-10,13,16-19,27H,4-5,8,11-12,14H2,1-3H3/t16-,17?,18?,19+/m1/s1. The van der Waals surface area contributed by atoms with Crippen LogP contribution in [0.15, 0.2) is 30.6 Å². The number of pyridine rings is 2. The highest BCUT2D eigenvalue weighted by molar-refractivity contribution is 5.90. The molecule has 1 aliphatic carbocycles. The number of nitrogens with one attached hydrogen (secondary N) is 1. The van der Waals surface area contributed by atoms with Crippen molar-refractivity contribution in [2.45, 2.75) is 31.3 Å². The van der Waals surface area contributed by atoms with Crippen LogP contribution in [0.4, 0.5) is 0 Å². The van der Waals surface area contributed by atoms with Gasteiger partial charge < -0.3 is 24.1 Å². The third-order valence-corrected chi connectivity index (χ3v) is 7.86. The number of aryl methyl sites for hydroxylation is 1. The lowest BCUT2D eigenvalue weighted by Crippen LogP contribution is -2.52. The maximum absolute atomic E-state index is 12.9. The third-order valence-electron chi connectivity index (χ3n) is 7.86. The normalized spacial score (nSPS) is 25.6. The van der Waals surface area contributed by atoms with Crippen LogP contribution in [-0.4, -0.2) is 71.3 Å². The van der Waals surface area contributed by atoms with Crippen LogP contribution in [0, 0.1) is 11.8 Å². The van der Waals surface area contributed by atoms with Gasteiger partial charge in [-0.1, -0.05) is 0 Å². The van der Waals surface area contributed by atoms with Crippen LogP contribution in [0.2, 0.25) is 0 Å². The van der Waals surface area contributed by atoms with Gasteiger partial charge in [-0.05, 0) is 37.3 Å². The number of carbonyl (C=O) groups is 1. The maximum atomic E-state index is 12.9. The summed E-state index contributed by atoms with van der Waals surface area (Å²) < 4.78 is 18.8. The van der Waals surface area contributed by atoms with Crippen LogP contribution in [0.25, 0.3) is 22.2 Å². The van der Waals surface area contributed by atoms with E-state index in [0.717, 1.165) is 48.2 Å². The van der Waals surface area contributed by atoms with Gasteiger partial charge >= 0.3 is 5.97 Å². The monoisotopic (exact) mass is 477 g/mol. The molecule has 1 N–H and O–H groups in total. The van der Waals surface area contributed by atoms with E-state index in [4.69, 9.17) is 14.2 Å². The largest absolute Gasteiger partial charge is 0.496 e. The van der Waals surface area contributed by atoms with Gasteiger partial charge in [0.2, 0.25) is 11.8 Å². The summed E-state index contributed by atoms with van der Waals surface area (Å²) in [6.45, 7) is 3.14. The van der Waals surface area contributed by atoms with Gasteiger partial charge in [-0.15, -0.1) is 0 Å². The molecular formula is C26H31N5O4. The molecule has 3 aromatic heterocycles. The van der Waals surface area contributed by atoms with Crippen molar-refractivity contribution >= 4 is 16.9 Å². The Hall–Kier alpha value is -3.17. The average molecular weight is 478 g/mol. The van der Waals surface area contributed by atoms with Crippen molar-refractivity contribution in [2.75, 3.05) is 33.9 Å². The van der Waals surface area contributed by atoms with Crippen molar-refractivity contribution in [1.29, 1.82) is 0 Å². The Bertz CT molecular complexity index is 1240. The van der Waals surface area contributed by atoms with Crippen LogP contribution in [0.3, 0.4) is 0 Å². The van der Waals surface area contributed by atoms with E-state index in [1.54, 1.807) is 32.7 Å². The molecule has 35 heavy (non-hydrogen) atoms. The van der Waals surface area contributed by atoms with Crippen molar-refractivity contribution in [2.24, 2.45) is 18.9 Å². The molecule has 0 spiro atoms. The summed E-state index contributed by atoms with van der Waals surface area (Å²) in [6, 6.07) is 6.88. The van der Waals surface area contributed by atoms with E-state index in [1.807, 2.05) is 23.7 Å². The van der Waals surface area contributed by atoms with Crippen molar-refractivity contribution in [3.8, 4) is 28.8 Å². The maximum Gasteiger partial charge on any atom is 0.316 e. The molecule has 0 aromatic carbocycles. The minimum absolute atomic E-state index is 0.0305. The number of methoxy groups -OCH3 is 2. The topological polar surface area (TPSA) is 90.7 Å². The van der Waals surface area contributed by atoms with Crippen molar-refractivity contribution in [1.82, 2.24) is 24.8 Å². The quantitative estimate of drug-likeness (QED) is 0.520. The second-order valence-corrected chi connectivity index (χ2v) is 9.83. The number of aromatic nitrogens is 3. The molecule has 1 saturated carbocycles. The van der Waals surface area contributed by atoms with Crippen molar-refractivity contribution < 1.29 is 19.0 Å². The van der Waals surface area contributed by atoms with E-state index < -0.39 is 0 Å². The molecule has 3 aliphatic rings. The Balaban J connectivity index is 1.18.